The third-order valence-electron chi connectivity index (χ3n) is 3.44. The summed E-state index contributed by atoms with van der Waals surface area (Å²) >= 11 is 0. The van der Waals surface area contributed by atoms with Crippen LogP contribution in [0.25, 0.3) is 11.1 Å². The fraction of sp³-hybridized carbons (Fsp3) is 0.188. The second kappa shape index (κ2) is 7.48. The molecule has 0 aromatic heterocycles. The third kappa shape index (κ3) is 4.57. The van der Waals surface area contributed by atoms with Gasteiger partial charge in [-0.05, 0) is 48.6 Å². The molecule has 0 spiro atoms. The minimum absolute atomic E-state index is 0. The molecule has 118 valence electrons. The van der Waals surface area contributed by atoms with Crippen LogP contribution in [-0.4, -0.2) is 15.8 Å². The Kier molecular flexibility index (Phi) is 6.41. The zero-order valence-electron chi connectivity index (χ0n) is 14.5. The average Bonchev–Trinajstić information content (AvgIpc) is 2.36. The summed E-state index contributed by atoms with van der Waals surface area (Å²) in [4.78, 5) is 29.8. The Hall–Kier alpha value is -1.34. The Labute approximate surface area is 148 Å². The Bertz CT molecular complexity index is 774. The van der Waals surface area contributed by atoms with E-state index in [0.29, 0.717) is 11.1 Å². The van der Waals surface area contributed by atoms with Gasteiger partial charge in [-0.3, -0.25) is 9.79 Å². The number of carbonyl (C=O) groups excluding carboxylic acids is 1. The van der Waals surface area contributed by atoms with Crippen molar-refractivity contribution < 1.29 is 44.0 Å². The number of hydrogen-bond donors (Lipinski definition) is 2. The van der Waals surface area contributed by atoms with E-state index < -0.39 is 13.8 Å². The molecule has 0 unspecified atom stereocenters. The number of aryl methyl sites for hydroxylation is 2. The van der Waals surface area contributed by atoms with Crippen LogP contribution >= 0.6 is 7.82 Å². The van der Waals surface area contributed by atoms with Gasteiger partial charge in [-0.25, -0.2) is 9.36 Å². The topological polar surface area (TPSA) is 83.8 Å². The second-order valence-corrected chi connectivity index (χ2v) is 6.28. The molecule has 0 fully saturated rings. The quantitative estimate of drug-likeness (QED) is 0.638. The van der Waals surface area contributed by atoms with Crippen LogP contribution in [0.5, 0.6) is 0 Å². The van der Waals surface area contributed by atoms with Crippen LogP contribution in [0.3, 0.4) is 0 Å². The van der Waals surface area contributed by atoms with E-state index in [2.05, 4.69) is 4.52 Å². The summed E-state index contributed by atoms with van der Waals surface area (Å²) in [5.41, 5.74) is 4.23. The van der Waals surface area contributed by atoms with E-state index in [1.165, 1.54) is 0 Å². The van der Waals surface area contributed by atoms with Crippen molar-refractivity contribution in [3.05, 3.63) is 58.7 Å². The summed E-state index contributed by atoms with van der Waals surface area (Å²) in [6.45, 7) is 5.39. The molecule has 0 aliphatic carbocycles. The summed E-state index contributed by atoms with van der Waals surface area (Å²) in [5.74, 6) is -1.01. The maximum atomic E-state index is 12.1. The first-order valence-corrected chi connectivity index (χ1v) is 8.19. The van der Waals surface area contributed by atoms with Crippen molar-refractivity contribution in [1.29, 1.82) is 0 Å². The molecule has 0 saturated carbocycles. The molecule has 0 aliphatic heterocycles. The van der Waals surface area contributed by atoms with Crippen molar-refractivity contribution in [2.24, 2.45) is 0 Å². The Morgan fingerprint density at radius 2 is 1.65 bits per heavy atom. The predicted molar refractivity (Wildman–Crippen MR) is 84.7 cm³/mol. The van der Waals surface area contributed by atoms with Gasteiger partial charge in [-0.15, -0.1) is 0 Å². The van der Waals surface area contributed by atoms with E-state index in [-0.39, 0.29) is 25.9 Å². The first kappa shape index (κ1) is 19.7. The Morgan fingerprint density at radius 1 is 1.09 bits per heavy atom. The van der Waals surface area contributed by atoms with Gasteiger partial charge >= 0.3 is 32.7 Å². The zero-order valence-corrected chi connectivity index (χ0v) is 14.4. The van der Waals surface area contributed by atoms with Crippen LogP contribution in [0.4, 0.5) is 0 Å². The van der Waals surface area contributed by atoms with Crippen LogP contribution in [0.2, 0.25) is 0 Å². The first-order valence-electron chi connectivity index (χ1n) is 6.66. The van der Waals surface area contributed by atoms with Crippen molar-refractivity contribution in [3.63, 3.8) is 0 Å². The van der Waals surface area contributed by atoms with E-state index in [0.717, 1.165) is 16.7 Å². The van der Waals surface area contributed by atoms with Crippen LogP contribution in [0.15, 0.2) is 36.4 Å². The second-order valence-electron chi connectivity index (χ2n) is 5.12. The van der Waals surface area contributed by atoms with Gasteiger partial charge in [0.2, 0.25) is 0 Å². The van der Waals surface area contributed by atoms with Gasteiger partial charge < -0.3 is 5.95 Å². The van der Waals surface area contributed by atoms with Crippen LogP contribution in [-0.2, 0) is 9.09 Å². The molecule has 23 heavy (non-hydrogen) atoms. The van der Waals surface area contributed by atoms with Gasteiger partial charge in [0, 0.05) is 0 Å². The van der Waals surface area contributed by atoms with Crippen LogP contribution in [0.1, 0.15) is 28.5 Å². The molecule has 2 rings (SSSR count). The molecule has 0 amide bonds. The molecule has 7 heteroatoms. The Morgan fingerprint density at radius 3 is 2.17 bits per heavy atom. The molecule has 5 nitrogen and oxygen atoms in total. The minimum Gasteiger partial charge on any atom is -1.00 e. The number of phosphoric acid groups is 1. The van der Waals surface area contributed by atoms with Crippen molar-refractivity contribution >= 4 is 13.8 Å². The van der Waals surface area contributed by atoms with Gasteiger partial charge in [0.1, 0.15) is 0 Å². The maximum Gasteiger partial charge on any atom is 1.00 e. The number of rotatable bonds is 3. The molecule has 2 aromatic rings. The third-order valence-corrected chi connectivity index (χ3v) is 3.84. The molecule has 0 radical (unpaired) electrons. The van der Waals surface area contributed by atoms with E-state index in [9.17, 15) is 9.36 Å². The number of hydrogen-bond acceptors (Lipinski definition) is 3. The van der Waals surface area contributed by atoms with E-state index in [4.69, 9.17) is 9.79 Å². The first-order chi connectivity index (χ1) is 10.2. The van der Waals surface area contributed by atoms with E-state index in [1.54, 1.807) is 13.8 Å². The predicted octanol–water partition coefficient (Wildman–Crippen LogP) is 0.645. The number of phosphoric ester groups is 1. The number of benzene rings is 2. The van der Waals surface area contributed by atoms with Crippen molar-refractivity contribution in [2.45, 2.75) is 20.8 Å². The molecular weight excluding hydrogens is 310 g/mol. The molecule has 0 atom stereocenters. The van der Waals surface area contributed by atoms with Crippen molar-refractivity contribution in [1.82, 2.24) is 0 Å². The monoisotopic (exact) mass is 328 g/mol. The van der Waals surface area contributed by atoms with Crippen molar-refractivity contribution in [3.8, 4) is 11.1 Å². The molecule has 0 saturated heterocycles. The summed E-state index contributed by atoms with van der Waals surface area (Å²) < 4.78 is 15.2. The fourth-order valence-electron chi connectivity index (χ4n) is 2.70. The molecular formula is C16H18LiO5P. The Balaban J connectivity index is 0.00000264. The normalized spacial score (nSPS) is 10.8. The zero-order chi connectivity index (χ0) is 16.5. The maximum absolute atomic E-state index is 12.1. The van der Waals surface area contributed by atoms with Crippen molar-refractivity contribution in [2.75, 3.05) is 0 Å². The fourth-order valence-corrected chi connectivity index (χ4v) is 3.01. The average molecular weight is 328 g/mol. The summed E-state index contributed by atoms with van der Waals surface area (Å²) in [6, 6.07) is 11.3. The van der Waals surface area contributed by atoms with E-state index >= 15 is 0 Å². The largest absolute Gasteiger partial charge is 1.00 e. The molecule has 0 aliphatic rings. The molecule has 0 heterocycles. The minimum atomic E-state index is -4.88. The van der Waals surface area contributed by atoms with Crippen LogP contribution in [0, 0.1) is 20.8 Å². The number of carbonyl (C=O) groups is 1. The SMILES string of the molecule is Cc1cc(C)c(-c2ccccc2)c(C)c1C(=O)OP(=O)(O)O.[H-].[Li+]. The summed E-state index contributed by atoms with van der Waals surface area (Å²) in [5, 5.41) is 0. The van der Waals surface area contributed by atoms with Crippen LogP contribution < -0.4 is 18.9 Å². The summed E-state index contributed by atoms with van der Waals surface area (Å²) in [7, 11) is -4.88. The van der Waals surface area contributed by atoms with Gasteiger partial charge in [0.05, 0.1) is 5.56 Å². The molecule has 2 N–H and O–H groups in total. The standard InChI is InChI=1S/C16H17O5P.Li.H/c1-10-9-11(2)15(16(17)21-22(18,19)20)12(3)14(10)13-7-5-4-6-8-13;;/h4-9H,1-3H3,(H2,18,19,20);;/q;+1;-1. The molecule has 0 bridgehead atoms. The smallest absolute Gasteiger partial charge is 1.00 e. The van der Waals surface area contributed by atoms with Gasteiger partial charge in [0.25, 0.3) is 0 Å². The molecule has 2 aromatic carbocycles. The van der Waals surface area contributed by atoms with E-state index in [1.807, 2.05) is 43.3 Å². The van der Waals surface area contributed by atoms with Gasteiger partial charge in [-0.2, -0.15) is 0 Å². The summed E-state index contributed by atoms with van der Waals surface area (Å²) in [6.07, 6.45) is 0. The van der Waals surface area contributed by atoms with Gasteiger partial charge in [0.15, 0.2) is 0 Å². The van der Waals surface area contributed by atoms with Gasteiger partial charge in [-0.1, -0.05) is 36.4 Å².